The molecule has 1 fully saturated rings. The number of epoxide rings is 1. The van der Waals surface area contributed by atoms with E-state index in [0.29, 0.717) is 6.54 Å². The molecule has 90 valence electrons. The fourth-order valence-electron chi connectivity index (χ4n) is 1.58. The van der Waals surface area contributed by atoms with E-state index in [0.717, 1.165) is 6.42 Å². The van der Waals surface area contributed by atoms with E-state index in [9.17, 15) is 13.2 Å². The first kappa shape index (κ1) is 12.8. The molecule has 15 heavy (non-hydrogen) atoms. The molecule has 1 aliphatic rings. The topological polar surface area (TPSA) is 15.8 Å². The minimum absolute atomic E-state index is 0.0589. The Balaban J connectivity index is 2.47. The smallest absolute Gasteiger partial charge is 0.353 e. The summed E-state index contributed by atoms with van der Waals surface area (Å²) in [4.78, 5) is 1.39. The molecule has 0 aromatic rings. The SMILES string of the molecule is CC[C@H](C)CN(CC(F)(F)F)C1OC1C. The second-order valence-electron chi connectivity index (χ2n) is 4.29. The standard InChI is InChI=1S/C10H18F3NO/c1-4-7(2)5-14(6-10(11,12)13)9-8(3)15-9/h7-9H,4-6H2,1-3H3/t7-,8?,9?/m0/s1. The number of halogens is 3. The van der Waals surface area contributed by atoms with Crippen LogP contribution in [-0.2, 0) is 4.74 Å². The molecule has 0 aromatic heterocycles. The molecule has 1 rings (SSSR count). The zero-order valence-corrected chi connectivity index (χ0v) is 9.34. The molecule has 0 spiro atoms. The number of ether oxygens (including phenoxy) is 1. The summed E-state index contributed by atoms with van der Waals surface area (Å²) in [5.74, 6) is 0.267. The van der Waals surface area contributed by atoms with Crippen LogP contribution in [0.2, 0.25) is 0 Å². The number of alkyl halides is 3. The Morgan fingerprint density at radius 3 is 2.27 bits per heavy atom. The van der Waals surface area contributed by atoms with E-state index in [-0.39, 0.29) is 18.2 Å². The van der Waals surface area contributed by atoms with E-state index in [1.165, 1.54) is 4.90 Å². The first-order chi connectivity index (χ1) is 6.83. The minimum atomic E-state index is -4.14. The van der Waals surface area contributed by atoms with Gasteiger partial charge in [-0.25, -0.2) is 0 Å². The van der Waals surface area contributed by atoms with E-state index < -0.39 is 12.7 Å². The van der Waals surface area contributed by atoms with Crippen molar-refractivity contribution in [2.24, 2.45) is 5.92 Å². The van der Waals surface area contributed by atoms with Crippen molar-refractivity contribution in [1.82, 2.24) is 4.90 Å². The molecule has 1 heterocycles. The van der Waals surface area contributed by atoms with E-state index in [2.05, 4.69) is 0 Å². The van der Waals surface area contributed by atoms with E-state index >= 15 is 0 Å². The predicted octanol–water partition coefficient (Wildman–Crippen LogP) is 2.64. The Morgan fingerprint density at radius 2 is 1.93 bits per heavy atom. The minimum Gasteiger partial charge on any atom is -0.353 e. The summed E-state index contributed by atoms with van der Waals surface area (Å²) in [7, 11) is 0. The molecule has 0 aromatic carbocycles. The van der Waals surface area contributed by atoms with Gasteiger partial charge in [0.15, 0.2) is 0 Å². The van der Waals surface area contributed by atoms with Crippen LogP contribution in [0, 0.1) is 5.92 Å². The highest BCUT2D eigenvalue weighted by Crippen LogP contribution is 2.29. The van der Waals surface area contributed by atoms with Crippen molar-refractivity contribution >= 4 is 0 Å². The molecule has 0 N–H and O–H groups in total. The van der Waals surface area contributed by atoms with E-state index in [1.807, 2.05) is 13.8 Å². The molecule has 3 atom stereocenters. The predicted molar refractivity (Wildman–Crippen MR) is 51.4 cm³/mol. The highest BCUT2D eigenvalue weighted by molar-refractivity contribution is 4.83. The molecule has 5 heteroatoms. The fourth-order valence-corrected chi connectivity index (χ4v) is 1.58. The maximum Gasteiger partial charge on any atom is 0.401 e. The lowest BCUT2D eigenvalue weighted by atomic mass is 10.1. The number of hydrogen-bond acceptors (Lipinski definition) is 2. The van der Waals surface area contributed by atoms with Gasteiger partial charge in [-0.15, -0.1) is 0 Å². The largest absolute Gasteiger partial charge is 0.401 e. The average molecular weight is 225 g/mol. The summed E-state index contributed by atoms with van der Waals surface area (Å²) in [5, 5.41) is 0. The Kier molecular flexibility index (Phi) is 4.00. The summed E-state index contributed by atoms with van der Waals surface area (Å²) in [5.41, 5.74) is 0. The van der Waals surface area contributed by atoms with Crippen molar-refractivity contribution in [2.75, 3.05) is 13.1 Å². The van der Waals surface area contributed by atoms with Crippen molar-refractivity contribution in [3.8, 4) is 0 Å². The molecule has 1 aliphatic heterocycles. The van der Waals surface area contributed by atoms with Crippen molar-refractivity contribution in [3.05, 3.63) is 0 Å². The first-order valence-corrected chi connectivity index (χ1v) is 5.29. The van der Waals surface area contributed by atoms with Crippen LogP contribution in [0.25, 0.3) is 0 Å². The Hall–Kier alpha value is -0.290. The van der Waals surface area contributed by atoms with Crippen molar-refractivity contribution in [1.29, 1.82) is 0 Å². The number of hydrogen-bond donors (Lipinski definition) is 0. The molecule has 0 aliphatic carbocycles. The van der Waals surface area contributed by atoms with Crippen LogP contribution in [0.15, 0.2) is 0 Å². The fraction of sp³-hybridized carbons (Fsp3) is 1.00. The van der Waals surface area contributed by atoms with E-state index in [1.54, 1.807) is 6.92 Å². The van der Waals surface area contributed by atoms with Crippen LogP contribution in [-0.4, -0.2) is 36.5 Å². The summed E-state index contributed by atoms with van der Waals surface area (Å²) < 4.78 is 41.9. The Morgan fingerprint density at radius 1 is 1.40 bits per heavy atom. The third-order valence-electron chi connectivity index (χ3n) is 2.66. The Labute approximate surface area is 88.4 Å². The van der Waals surface area contributed by atoms with Gasteiger partial charge in [0, 0.05) is 6.54 Å². The molecule has 0 bridgehead atoms. The van der Waals surface area contributed by atoms with Crippen LogP contribution >= 0.6 is 0 Å². The summed E-state index contributed by atoms with van der Waals surface area (Å²) in [6.07, 6.45) is -3.65. The van der Waals surface area contributed by atoms with Gasteiger partial charge in [0.1, 0.15) is 6.23 Å². The number of nitrogens with zero attached hydrogens (tertiary/aromatic N) is 1. The van der Waals surface area contributed by atoms with Crippen LogP contribution in [0.4, 0.5) is 13.2 Å². The first-order valence-electron chi connectivity index (χ1n) is 5.29. The van der Waals surface area contributed by atoms with Crippen LogP contribution in [0.3, 0.4) is 0 Å². The maximum absolute atomic E-state index is 12.3. The number of rotatable bonds is 5. The zero-order valence-electron chi connectivity index (χ0n) is 9.34. The van der Waals surface area contributed by atoms with E-state index in [4.69, 9.17) is 4.74 Å². The zero-order chi connectivity index (χ0) is 11.6. The van der Waals surface area contributed by atoms with Crippen LogP contribution < -0.4 is 0 Å². The second kappa shape index (κ2) is 4.70. The molecule has 1 saturated heterocycles. The van der Waals surface area contributed by atoms with Gasteiger partial charge >= 0.3 is 6.18 Å². The summed E-state index contributed by atoms with van der Waals surface area (Å²) in [6, 6.07) is 0. The van der Waals surface area contributed by atoms with Crippen molar-refractivity contribution in [2.45, 2.75) is 45.7 Å². The summed E-state index contributed by atoms with van der Waals surface area (Å²) in [6.45, 7) is 5.31. The lowest BCUT2D eigenvalue weighted by molar-refractivity contribution is -0.151. The molecular formula is C10H18F3NO. The van der Waals surface area contributed by atoms with Gasteiger partial charge in [-0.05, 0) is 12.8 Å². The average Bonchev–Trinajstić information content (AvgIpc) is 2.79. The van der Waals surface area contributed by atoms with Gasteiger partial charge in [0.2, 0.25) is 0 Å². The van der Waals surface area contributed by atoms with Gasteiger partial charge in [0.25, 0.3) is 0 Å². The third kappa shape index (κ3) is 4.38. The lowest BCUT2D eigenvalue weighted by Crippen LogP contribution is -2.39. The van der Waals surface area contributed by atoms with Gasteiger partial charge < -0.3 is 4.74 Å². The van der Waals surface area contributed by atoms with Crippen LogP contribution in [0.1, 0.15) is 27.2 Å². The molecule has 0 amide bonds. The van der Waals surface area contributed by atoms with Crippen LogP contribution in [0.5, 0.6) is 0 Å². The van der Waals surface area contributed by atoms with Gasteiger partial charge in [0.05, 0.1) is 12.6 Å². The maximum atomic E-state index is 12.3. The van der Waals surface area contributed by atoms with Gasteiger partial charge in [-0.3, -0.25) is 4.90 Å². The van der Waals surface area contributed by atoms with Gasteiger partial charge in [-0.2, -0.15) is 13.2 Å². The second-order valence-corrected chi connectivity index (χ2v) is 4.29. The molecule has 2 unspecified atom stereocenters. The highest BCUT2D eigenvalue weighted by Gasteiger charge is 2.44. The monoisotopic (exact) mass is 225 g/mol. The molecule has 0 radical (unpaired) electrons. The summed E-state index contributed by atoms with van der Waals surface area (Å²) >= 11 is 0. The normalized spacial score (nSPS) is 28.2. The molecule has 0 saturated carbocycles. The quantitative estimate of drug-likeness (QED) is 0.668. The molecular weight excluding hydrogens is 207 g/mol. The molecule has 2 nitrogen and oxygen atoms in total. The highest BCUT2D eigenvalue weighted by atomic mass is 19.4. The van der Waals surface area contributed by atoms with Crippen molar-refractivity contribution in [3.63, 3.8) is 0 Å². The Bertz CT molecular complexity index is 207. The van der Waals surface area contributed by atoms with Gasteiger partial charge in [-0.1, -0.05) is 20.3 Å². The van der Waals surface area contributed by atoms with Crippen molar-refractivity contribution < 1.29 is 17.9 Å². The third-order valence-corrected chi connectivity index (χ3v) is 2.66. The lowest BCUT2D eigenvalue weighted by Gasteiger charge is -2.24.